The highest BCUT2D eigenvalue weighted by atomic mass is 19.1. The van der Waals surface area contributed by atoms with E-state index in [1.807, 2.05) is 0 Å². The summed E-state index contributed by atoms with van der Waals surface area (Å²) in [4.78, 5) is 11.9. The number of carbonyl (C=O) groups is 1. The van der Waals surface area contributed by atoms with E-state index in [9.17, 15) is 14.3 Å². The van der Waals surface area contributed by atoms with Gasteiger partial charge in [0.05, 0.1) is 18.6 Å². The molecule has 0 aromatic heterocycles. The molecule has 0 bridgehead atoms. The highest BCUT2D eigenvalue weighted by molar-refractivity contribution is 5.93. The van der Waals surface area contributed by atoms with Gasteiger partial charge in [-0.2, -0.15) is 0 Å². The Labute approximate surface area is 111 Å². The number of anilines is 1. The molecule has 4 nitrogen and oxygen atoms in total. The van der Waals surface area contributed by atoms with Gasteiger partial charge in [0.1, 0.15) is 0 Å². The molecule has 0 aliphatic heterocycles. The van der Waals surface area contributed by atoms with Crippen LogP contribution in [0.2, 0.25) is 0 Å². The Balaban J connectivity index is 2.03. The fourth-order valence-electron chi connectivity index (χ4n) is 2.33. The van der Waals surface area contributed by atoms with Crippen LogP contribution in [0.4, 0.5) is 10.1 Å². The molecule has 1 amide bonds. The van der Waals surface area contributed by atoms with Crippen LogP contribution in [0.25, 0.3) is 0 Å². The molecule has 1 saturated carbocycles. The first kappa shape index (κ1) is 13.8. The number of hydrogen-bond acceptors (Lipinski definition) is 3. The summed E-state index contributed by atoms with van der Waals surface area (Å²) in [5.74, 6) is -0.990. The normalized spacial score (nSPS) is 22.3. The summed E-state index contributed by atoms with van der Waals surface area (Å²) in [6, 6.07) is 4.30. The van der Waals surface area contributed by atoms with Gasteiger partial charge in [-0.05, 0) is 38.3 Å². The maximum absolute atomic E-state index is 13.6. The van der Waals surface area contributed by atoms with Gasteiger partial charge in [0.2, 0.25) is 5.91 Å². The van der Waals surface area contributed by atoms with E-state index < -0.39 is 17.8 Å². The van der Waals surface area contributed by atoms with Gasteiger partial charge < -0.3 is 15.2 Å². The monoisotopic (exact) mass is 267 g/mol. The molecular formula is C14H18FNO3. The van der Waals surface area contributed by atoms with Crippen LogP contribution in [-0.4, -0.2) is 23.7 Å². The van der Waals surface area contributed by atoms with Crippen molar-refractivity contribution in [3.05, 3.63) is 24.0 Å². The number of halogens is 1. The van der Waals surface area contributed by atoms with Crippen molar-refractivity contribution >= 4 is 11.6 Å². The Morgan fingerprint density at radius 2 is 2.32 bits per heavy atom. The van der Waals surface area contributed by atoms with E-state index in [1.165, 1.54) is 12.1 Å². The van der Waals surface area contributed by atoms with Crippen LogP contribution >= 0.6 is 0 Å². The van der Waals surface area contributed by atoms with E-state index in [2.05, 4.69) is 5.32 Å². The SMILES string of the molecule is CCOc1ccc(NC(=O)C2CCCC2O)cc1F. The van der Waals surface area contributed by atoms with Crippen LogP contribution in [0, 0.1) is 11.7 Å². The van der Waals surface area contributed by atoms with Gasteiger partial charge in [0, 0.05) is 11.8 Å². The smallest absolute Gasteiger partial charge is 0.230 e. The topological polar surface area (TPSA) is 58.6 Å². The molecule has 0 heterocycles. The quantitative estimate of drug-likeness (QED) is 0.880. The lowest BCUT2D eigenvalue weighted by atomic mass is 10.1. The zero-order valence-electron chi connectivity index (χ0n) is 10.9. The van der Waals surface area contributed by atoms with Gasteiger partial charge in [-0.25, -0.2) is 4.39 Å². The van der Waals surface area contributed by atoms with Gasteiger partial charge in [0.25, 0.3) is 0 Å². The second-order valence-electron chi connectivity index (χ2n) is 4.67. The van der Waals surface area contributed by atoms with Crippen molar-refractivity contribution in [2.24, 2.45) is 5.92 Å². The van der Waals surface area contributed by atoms with E-state index in [-0.39, 0.29) is 11.7 Å². The molecule has 0 saturated heterocycles. The highest BCUT2D eigenvalue weighted by Gasteiger charge is 2.31. The van der Waals surface area contributed by atoms with E-state index in [0.717, 1.165) is 6.42 Å². The first-order valence-corrected chi connectivity index (χ1v) is 6.53. The molecule has 1 fully saturated rings. The minimum absolute atomic E-state index is 0.168. The molecule has 1 aromatic carbocycles. The second kappa shape index (κ2) is 6.02. The number of carbonyl (C=O) groups excluding carboxylic acids is 1. The van der Waals surface area contributed by atoms with Gasteiger partial charge in [-0.15, -0.1) is 0 Å². The number of rotatable bonds is 4. The van der Waals surface area contributed by atoms with Gasteiger partial charge in [-0.1, -0.05) is 0 Å². The highest BCUT2D eigenvalue weighted by Crippen LogP contribution is 2.27. The van der Waals surface area contributed by atoms with Crippen molar-refractivity contribution in [1.29, 1.82) is 0 Å². The van der Waals surface area contributed by atoms with Crippen molar-refractivity contribution in [1.82, 2.24) is 0 Å². The fourth-order valence-corrected chi connectivity index (χ4v) is 2.33. The Morgan fingerprint density at radius 3 is 2.89 bits per heavy atom. The fraction of sp³-hybridized carbons (Fsp3) is 0.500. The number of aliphatic hydroxyl groups is 1. The molecule has 0 radical (unpaired) electrons. The van der Waals surface area contributed by atoms with Gasteiger partial charge in [0.15, 0.2) is 11.6 Å². The molecule has 19 heavy (non-hydrogen) atoms. The zero-order valence-corrected chi connectivity index (χ0v) is 10.9. The third-order valence-corrected chi connectivity index (χ3v) is 3.32. The molecule has 1 aliphatic carbocycles. The Kier molecular flexibility index (Phi) is 4.37. The summed E-state index contributed by atoms with van der Waals surface area (Å²) in [6.07, 6.45) is 1.58. The van der Waals surface area contributed by atoms with Crippen molar-refractivity contribution in [3.8, 4) is 5.75 Å². The third-order valence-electron chi connectivity index (χ3n) is 3.32. The molecule has 0 spiro atoms. The maximum Gasteiger partial charge on any atom is 0.230 e. The molecule has 1 aromatic rings. The number of ether oxygens (including phenoxy) is 1. The molecule has 2 atom stereocenters. The Morgan fingerprint density at radius 1 is 1.53 bits per heavy atom. The van der Waals surface area contributed by atoms with E-state index in [1.54, 1.807) is 13.0 Å². The average Bonchev–Trinajstić information content (AvgIpc) is 2.79. The van der Waals surface area contributed by atoms with E-state index in [0.29, 0.717) is 25.1 Å². The molecule has 2 unspecified atom stereocenters. The Bertz CT molecular complexity index is 464. The number of nitrogens with one attached hydrogen (secondary N) is 1. The predicted molar refractivity (Wildman–Crippen MR) is 69.5 cm³/mol. The van der Waals surface area contributed by atoms with Crippen molar-refractivity contribution in [3.63, 3.8) is 0 Å². The average molecular weight is 267 g/mol. The largest absolute Gasteiger partial charge is 0.491 e. The second-order valence-corrected chi connectivity index (χ2v) is 4.67. The summed E-state index contributed by atoms with van der Waals surface area (Å²) in [6.45, 7) is 2.16. The van der Waals surface area contributed by atoms with Crippen LogP contribution in [0.3, 0.4) is 0 Å². The van der Waals surface area contributed by atoms with Crippen LogP contribution in [0.15, 0.2) is 18.2 Å². The molecular weight excluding hydrogens is 249 g/mol. The number of hydrogen-bond donors (Lipinski definition) is 2. The molecule has 1 aliphatic rings. The van der Waals surface area contributed by atoms with Crippen molar-refractivity contribution in [2.45, 2.75) is 32.3 Å². The maximum atomic E-state index is 13.6. The van der Waals surface area contributed by atoms with Crippen LogP contribution in [-0.2, 0) is 4.79 Å². The molecule has 104 valence electrons. The van der Waals surface area contributed by atoms with E-state index >= 15 is 0 Å². The van der Waals surface area contributed by atoms with Crippen molar-refractivity contribution in [2.75, 3.05) is 11.9 Å². The lowest BCUT2D eigenvalue weighted by Crippen LogP contribution is -2.28. The first-order valence-electron chi connectivity index (χ1n) is 6.53. The summed E-state index contributed by atoms with van der Waals surface area (Å²) >= 11 is 0. The molecule has 5 heteroatoms. The van der Waals surface area contributed by atoms with Crippen LogP contribution < -0.4 is 10.1 Å². The first-order chi connectivity index (χ1) is 9.11. The van der Waals surface area contributed by atoms with Gasteiger partial charge in [-0.3, -0.25) is 4.79 Å². The molecule has 2 N–H and O–H groups in total. The minimum atomic E-state index is -0.590. The lowest BCUT2D eigenvalue weighted by molar-refractivity contribution is -0.122. The predicted octanol–water partition coefficient (Wildman–Crippen LogP) is 2.32. The number of benzene rings is 1. The van der Waals surface area contributed by atoms with Crippen molar-refractivity contribution < 1.29 is 19.0 Å². The lowest BCUT2D eigenvalue weighted by Gasteiger charge is -2.14. The molecule has 2 rings (SSSR count). The van der Waals surface area contributed by atoms with Gasteiger partial charge >= 0.3 is 0 Å². The minimum Gasteiger partial charge on any atom is -0.491 e. The summed E-state index contributed by atoms with van der Waals surface area (Å²) in [5.41, 5.74) is 0.380. The van der Waals surface area contributed by atoms with Crippen LogP contribution in [0.5, 0.6) is 5.75 Å². The summed E-state index contributed by atoms with van der Waals surface area (Å²) < 4.78 is 18.7. The van der Waals surface area contributed by atoms with Crippen LogP contribution in [0.1, 0.15) is 26.2 Å². The zero-order chi connectivity index (χ0) is 13.8. The van der Waals surface area contributed by atoms with E-state index in [4.69, 9.17) is 4.74 Å². The summed E-state index contributed by atoms with van der Waals surface area (Å²) in [7, 11) is 0. The number of amides is 1. The Hall–Kier alpha value is -1.62. The third kappa shape index (κ3) is 3.23. The number of aliphatic hydroxyl groups excluding tert-OH is 1. The summed E-state index contributed by atoms with van der Waals surface area (Å²) in [5, 5.41) is 12.3. The standard InChI is InChI=1S/C14H18FNO3/c1-2-19-13-7-6-9(8-11(13)15)16-14(18)10-4-3-5-12(10)17/h6-8,10,12,17H,2-5H2,1H3,(H,16,18).